The van der Waals surface area contributed by atoms with E-state index in [-0.39, 0.29) is 5.91 Å². The molecule has 4 heteroatoms. The highest BCUT2D eigenvalue weighted by molar-refractivity contribution is 5.72. The van der Waals surface area contributed by atoms with Gasteiger partial charge in [-0.25, -0.2) is 0 Å². The van der Waals surface area contributed by atoms with Gasteiger partial charge in [0.05, 0.1) is 6.54 Å². The molecule has 0 aliphatic rings. The number of anilines is 1. The number of hydrogen-bond acceptors (Lipinski definition) is 3. The van der Waals surface area contributed by atoms with Gasteiger partial charge in [-0.2, -0.15) is 0 Å². The van der Waals surface area contributed by atoms with E-state index < -0.39 is 0 Å². The van der Waals surface area contributed by atoms with Crippen LogP contribution in [0, 0.1) is 0 Å². The van der Waals surface area contributed by atoms with Crippen molar-refractivity contribution in [3.05, 3.63) is 24.3 Å². The molecular formula is C11H16N2O2. The molecule has 0 spiro atoms. The van der Waals surface area contributed by atoms with Gasteiger partial charge in [-0.05, 0) is 24.3 Å². The van der Waals surface area contributed by atoms with Gasteiger partial charge in [0.15, 0.2) is 0 Å². The third kappa shape index (κ3) is 4.35. The monoisotopic (exact) mass is 208 g/mol. The average Bonchev–Trinajstić information content (AvgIpc) is 2.25. The first kappa shape index (κ1) is 11.4. The normalized spacial score (nSPS) is 9.47. The molecular weight excluding hydrogens is 192 g/mol. The fourth-order valence-electron chi connectivity index (χ4n) is 1.11. The zero-order valence-electron chi connectivity index (χ0n) is 9.04. The third-order valence-electron chi connectivity index (χ3n) is 1.89. The second-order valence-electron chi connectivity index (χ2n) is 3.11. The van der Waals surface area contributed by atoms with Crippen molar-refractivity contribution >= 4 is 11.6 Å². The number of ether oxygens (including phenoxy) is 1. The Bertz CT molecular complexity index is 309. The van der Waals surface area contributed by atoms with Crippen LogP contribution in [-0.2, 0) is 4.79 Å². The van der Waals surface area contributed by atoms with Crippen LogP contribution >= 0.6 is 0 Å². The predicted molar refractivity (Wildman–Crippen MR) is 60.2 cm³/mol. The lowest BCUT2D eigenvalue weighted by molar-refractivity contribution is -0.119. The van der Waals surface area contributed by atoms with Crippen LogP contribution in [0.15, 0.2) is 24.3 Å². The average molecular weight is 208 g/mol. The van der Waals surface area contributed by atoms with Gasteiger partial charge in [0.2, 0.25) is 5.91 Å². The van der Waals surface area contributed by atoms with E-state index in [9.17, 15) is 4.79 Å². The Hall–Kier alpha value is -1.71. The lowest BCUT2D eigenvalue weighted by atomic mass is 10.3. The second kappa shape index (κ2) is 5.90. The molecule has 1 amide bonds. The Morgan fingerprint density at radius 1 is 1.33 bits per heavy atom. The first-order chi connectivity index (χ1) is 7.22. The molecule has 0 saturated carbocycles. The highest BCUT2D eigenvalue weighted by Gasteiger charge is 1.94. The van der Waals surface area contributed by atoms with Crippen molar-refractivity contribution in [1.82, 2.24) is 5.32 Å². The van der Waals surface area contributed by atoms with Crippen LogP contribution in [0.3, 0.4) is 0 Å². The third-order valence-corrected chi connectivity index (χ3v) is 1.89. The molecule has 15 heavy (non-hydrogen) atoms. The van der Waals surface area contributed by atoms with E-state index in [0.29, 0.717) is 13.2 Å². The quantitative estimate of drug-likeness (QED) is 0.716. The number of benzene rings is 1. The molecule has 0 aromatic heterocycles. The van der Waals surface area contributed by atoms with Crippen molar-refractivity contribution in [3.8, 4) is 5.75 Å². The first-order valence-electron chi connectivity index (χ1n) is 4.87. The maximum Gasteiger partial charge on any atom is 0.216 e. The summed E-state index contributed by atoms with van der Waals surface area (Å²) in [7, 11) is 1.87. The molecule has 0 aliphatic carbocycles. The summed E-state index contributed by atoms with van der Waals surface area (Å²) in [5, 5.41) is 5.69. The largest absolute Gasteiger partial charge is 0.492 e. The van der Waals surface area contributed by atoms with Crippen molar-refractivity contribution in [1.29, 1.82) is 0 Å². The summed E-state index contributed by atoms with van der Waals surface area (Å²) < 4.78 is 5.41. The number of carbonyl (C=O) groups excluding carboxylic acids is 1. The highest BCUT2D eigenvalue weighted by Crippen LogP contribution is 2.14. The van der Waals surface area contributed by atoms with E-state index in [1.54, 1.807) is 0 Å². The molecule has 4 nitrogen and oxygen atoms in total. The number of carbonyl (C=O) groups is 1. The standard InChI is InChI=1S/C11H16N2O2/c1-9(14)13-7-8-15-11-5-3-10(12-2)4-6-11/h3-6,12H,7-8H2,1-2H3,(H,13,14). The number of hydrogen-bond donors (Lipinski definition) is 2. The number of amides is 1. The summed E-state index contributed by atoms with van der Waals surface area (Å²) in [4.78, 5) is 10.6. The van der Waals surface area contributed by atoms with Crippen molar-refractivity contribution in [3.63, 3.8) is 0 Å². The topological polar surface area (TPSA) is 50.4 Å². The van der Waals surface area contributed by atoms with Crippen molar-refractivity contribution in [2.24, 2.45) is 0 Å². The molecule has 0 aliphatic heterocycles. The number of rotatable bonds is 5. The molecule has 0 heterocycles. The fourth-order valence-corrected chi connectivity index (χ4v) is 1.11. The van der Waals surface area contributed by atoms with E-state index in [2.05, 4.69) is 10.6 Å². The van der Waals surface area contributed by atoms with Crippen LogP contribution in [0.1, 0.15) is 6.92 Å². The zero-order valence-corrected chi connectivity index (χ0v) is 9.04. The number of nitrogens with one attached hydrogen (secondary N) is 2. The van der Waals surface area contributed by atoms with E-state index in [1.807, 2.05) is 31.3 Å². The van der Waals surface area contributed by atoms with E-state index in [4.69, 9.17) is 4.74 Å². The molecule has 1 aromatic carbocycles. The van der Waals surface area contributed by atoms with Crippen molar-refractivity contribution in [2.75, 3.05) is 25.5 Å². The summed E-state index contributed by atoms with van der Waals surface area (Å²) in [6.07, 6.45) is 0. The summed E-state index contributed by atoms with van der Waals surface area (Å²) >= 11 is 0. The van der Waals surface area contributed by atoms with Gasteiger partial charge in [-0.1, -0.05) is 0 Å². The smallest absolute Gasteiger partial charge is 0.216 e. The molecule has 0 atom stereocenters. The lowest BCUT2D eigenvalue weighted by Gasteiger charge is -2.07. The van der Waals surface area contributed by atoms with Crippen LogP contribution in [0.4, 0.5) is 5.69 Å². The first-order valence-corrected chi connectivity index (χ1v) is 4.87. The summed E-state index contributed by atoms with van der Waals surface area (Å²) in [5.41, 5.74) is 1.05. The minimum absolute atomic E-state index is 0.0378. The van der Waals surface area contributed by atoms with Gasteiger partial charge in [0.25, 0.3) is 0 Å². The minimum Gasteiger partial charge on any atom is -0.492 e. The van der Waals surface area contributed by atoms with Crippen LogP contribution in [0.2, 0.25) is 0 Å². The predicted octanol–water partition coefficient (Wildman–Crippen LogP) is 1.24. The minimum atomic E-state index is -0.0378. The van der Waals surface area contributed by atoms with Gasteiger partial charge in [-0.15, -0.1) is 0 Å². The molecule has 2 N–H and O–H groups in total. The van der Waals surface area contributed by atoms with Gasteiger partial charge in [0.1, 0.15) is 12.4 Å². The van der Waals surface area contributed by atoms with Crippen molar-refractivity contribution < 1.29 is 9.53 Å². The van der Waals surface area contributed by atoms with Gasteiger partial charge in [-0.3, -0.25) is 4.79 Å². The molecule has 0 bridgehead atoms. The summed E-state index contributed by atoms with van der Waals surface area (Å²) in [6.45, 7) is 2.50. The SMILES string of the molecule is CNc1ccc(OCCNC(C)=O)cc1. The van der Waals surface area contributed by atoms with Gasteiger partial charge >= 0.3 is 0 Å². The Morgan fingerprint density at radius 2 is 2.00 bits per heavy atom. The van der Waals surface area contributed by atoms with E-state index >= 15 is 0 Å². The fraction of sp³-hybridized carbons (Fsp3) is 0.364. The molecule has 0 fully saturated rings. The Labute approximate surface area is 89.6 Å². The van der Waals surface area contributed by atoms with E-state index in [1.165, 1.54) is 6.92 Å². The Balaban J connectivity index is 2.28. The second-order valence-corrected chi connectivity index (χ2v) is 3.11. The molecule has 82 valence electrons. The van der Waals surface area contributed by atoms with Crippen LogP contribution in [0.25, 0.3) is 0 Å². The van der Waals surface area contributed by atoms with Crippen LogP contribution < -0.4 is 15.4 Å². The molecule has 1 aromatic rings. The molecule has 0 saturated heterocycles. The van der Waals surface area contributed by atoms with Gasteiger partial charge < -0.3 is 15.4 Å². The lowest BCUT2D eigenvalue weighted by Crippen LogP contribution is -2.25. The van der Waals surface area contributed by atoms with E-state index in [0.717, 1.165) is 11.4 Å². The Kier molecular flexibility index (Phi) is 4.47. The maximum atomic E-state index is 10.6. The highest BCUT2D eigenvalue weighted by atomic mass is 16.5. The molecule has 0 unspecified atom stereocenters. The Morgan fingerprint density at radius 3 is 2.53 bits per heavy atom. The summed E-state index contributed by atoms with van der Waals surface area (Å²) in [5.74, 6) is 0.767. The molecule has 0 radical (unpaired) electrons. The van der Waals surface area contributed by atoms with Crippen LogP contribution in [0.5, 0.6) is 5.75 Å². The molecule has 1 rings (SSSR count). The summed E-state index contributed by atoms with van der Waals surface area (Å²) in [6, 6.07) is 7.65. The zero-order chi connectivity index (χ0) is 11.1. The van der Waals surface area contributed by atoms with Crippen LogP contribution in [-0.4, -0.2) is 26.1 Å². The van der Waals surface area contributed by atoms with Gasteiger partial charge in [0, 0.05) is 19.7 Å². The van der Waals surface area contributed by atoms with Crippen molar-refractivity contribution in [2.45, 2.75) is 6.92 Å². The maximum absolute atomic E-state index is 10.6.